The molecule has 2 heterocycles. The Morgan fingerprint density at radius 3 is 2.30 bits per heavy atom. The zero-order valence-electron chi connectivity index (χ0n) is 16.8. The summed E-state index contributed by atoms with van der Waals surface area (Å²) in [4.78, 5) is 29.7. The highest BCUT2D eigenvalue weighted by Crippen LogP contribution is 2.35. The molecule has 2 aliphatic heterocycles. The van der Waals surface area contributed by atoms with E-state index in [4.69, 9.17) is 23.2 Å². The number of halogens is 2. The van der Waals surface area contributed by atoms with Crippen LogP contribution in [0, 0.1) is 0 Å². The van der Waals surface area contributed by atoms with Gasteiger partial charge in [-0.15, -0.1) is 0 Å². The third kappa shape index (κ3) is 3.92. The predicted molar refractivity (Wildman–Crippen MR) is 122 cm³/mol. The highest BCUT2D eigenvalue weighted by Gasteiger charge is 2.39. The molecular weight excluding hydrogens is 421 g/mol. The Kier molecular flexibility index (Phi) is 6.02. The third-order valence-electron chi connectivity index (χ3n) is 5.42. The molecular formula is C23H23Cl2N3O2. The van der Waals surface area contributed by atoms with Crippen molar-refractivity contribution in [1.82, 2.24) is 4.90 Å². The Bertz CT molecular complexity index is 1010. The molecule has 4 rings (SSSR count). The number of hydrogen-bond acceptors (Lipinski definition) is 4. The Balaban J connectivity index is 1.70. The number of carbonyl (C=O) groups excluding carboxylic acids is 2. The van der Waals surface area contributed by atoms with Crippen LogP contribution >= 0.6 is 23.2 Å². The van der Waals surface area contributed by atoms with E-state index >= 15 is 0 Å². The number of benzene rings is 2. The molecule has 156 valence electrons. The zero-order chi connectivity index (χ0) is 21.3. The van der Waals surface area contributed by atoms with Crippen LogP contribution in [0.4, 0.5) is 11.4 Å². The highest BCUT2D eigenvalue weighted by molar-refractivity contribution is 6.41. The lowest BCUT2D eigenvalue weighted by Crippen LogP contribution is -2.33. The van der Waals surface area contributed by atoms with Crippen LogP contribution in [-0.4, -0.2) is 36.3 Å². The number of imide groups is 1. The van der Waals surface area contributed by atoms with E-state index in [1.807, 2.05) is 31.2 Å². The Hall–Kier alpha value is -2.50. The number of nitrogens with one attached hydrogen (secondary N) is 1. The second-order valence-electron chi connectivity index (χ2n) is 7.50. The van der Waals surface area contributed by atoms with Gasteiger partial charge in [-0.3, -0.25) is 14.5 Å². The third-order valence-corrected chi connectivity index (χ3v) is 5.97. The molecule has 1 N–H and O–H groups in total. The summed E-state index contributed by atoms with van der Waals surface area (Å²) in [6.07, 6.45) is 3.10. The SMILES string of the molecule is CCCN1C(=O)C(Nc2ccc(N3CCCC3)cc2)=C(c2ccc(Cl)cc2Cl)C1=O. The van der Waals surface area contributed by atoms with E-state index in [-0.39, 0.29) is 23.1 Å². The summed E-state index contributed by atoms with van der Waals surface area (Å²) in [5.41, 5.74) is 2.92. The van der Waals surface area contributed by atoms with E-state index in [0.29, 0.717) is 28.6 Å². The van der Waals surface area contributed by atoms with Crippen molar-refractivity contribution in [1.29, 1.82) is 0 Å². The Morgan fingerprint density at radius 2 is 1.67 bits per heavy atom. The van der Waals surface area contributed by atoms with Gasteiger partial charge in [-0.05, 0) is 55.7 Å². The number of nitrogens with zero attached hydrogens (tertiary/aromatic N) is 2. The van der Waals surface area contributed by atoms with Gasteiger partial charge in [-0.25, -0.2) is 0 Å². The van der Waals surface area contributed by atoms with Crippen LogP contribution in [0.15, 0.2) is 48.2 Å². The van der Waals surface area contributed by atoms with Crippen molar-refractivity contribution in [2.45, 2.75) is 26.2 Å². The average Bonchev–Trinajstić information content (AvgIpc) is 3.34. The normalized spacial score (nSPS) is 16.8. The van der Waals surface area contributed by atoms with Crippen LogP contribution in [0.1, 0.15) is 31.7 Å². The molecule has 30 heavy (non-hydrogen) atoms. The standard InChI is InChI=1S/C23H23Cl2N3O2/c1-2-11-28-22(29)20(18-10-5-15(24)14-19(18)25)21(23(28)30)26-16-6-8-17(9-7-16)27-12-3-4-13-27/h5-10,14,26H,2-4,11-13H2,1H3. The van der Waals surface area contributed by atoms with E-state index in [1.165, 1.54) is 17.7 Å². The van der Waals surface area contributed by atoms with Crippen LogP contribution in [0.5, 0.6) is 0 Å². The van der Waals surface area contributed by atoms with Crippen molar-refractivity contribution < 1.29 is 9.59 Å². The van der Waals surface area contributed by atoms with Crippen molar-refractivity contribution >= 4 is 52.0 Å². The molecule has 2 aromatic carbocycles. The minimum Gasteiger partial charge on any atom is -0.372 e. The molecule has 2 aliphatic rings. The van der Waals surface area contributed by atoms with E-state index in [0.717, 1.165) is 24.5 Å². The van der Waals surface area contributed by atoms with Crippen molar-refractivity contribution in [2.75, 3.05) is 29.9 Å². The topological polar surface area (TPSA) is 52.7 Å². The fraction of sp³-hybridized carbons (Fsp3) is 0.304. The molecule has 2 amide bonds. The fourth-order valence-corrected chi connectivity index (χ4v) is 4.44. The summed E-state index contributed by atoms with van der Waals surface area (Å²) in [5.74, 6) is -0.686. The Labute approximate surface area is 186 Å². The maximum absolute atomic E-state index is 13.1. The fourth-order valence-electron chi connectivity index (χ4n) is 3.94. The van der Waals surface area contributed by atoms with Crippen molar-refractivity contribution in [3.63, 3.8) is 0 Å². The molecule has 5 nitrogen and oxygen atoms in total. The van der Waals surface area contributed by atoms with Crippen LogP contribution < -0.4 is 10.2 Å². The van der Waals surface area contributed by atoms with E-state index in [1.54, 1.807) is 18.2 Å². The van der Waals surface area contributed by atoms with Crippen LogP contribution in [0.25, 0.3) is 5.57 Å². The van der Waals surface area contributed by atoms with Gasteiger partial charge in [0.2, 0.25) is 0 Å². The first kappa shape index (κ1) is 20.8. The van der Waals surface area contributed by atoms with Gasteiger partial charge in [0.05, 0.1) is 10.6 Å². The molecule has 1 fully saturated rings. The largest absolute Gasteiger partial charge is 0.372 e. The summed E-state index contributed by atoms with van der Waals surface area (Å²) in [6, 6.07) is 12.9. The average molecular weight is 444 g/mol. The van der Waals surface area contributed by atoms with E-state index in [2.05, 4.69) is 10.2 Å². The lowest BCUT2D eigenvalue weighted by molar-refractivity contribution is -0.136. The number of carbonyl (C=O) groups is 2. The van der Waals surface area contributed by atoms with Gasteiger partial charge in [0.1, 0.15) is 5.70 Å². The number of rotatable bonds is 6. The first-order chi connectivity index (χ1) is 14.5. The van der Waals surface area contributed by atoms with E-state index in [9.17, 15) is 9.59 Å². The van der Waals surface area contributed by atoms with Gasteiger partial charge in [0.25, 0.3) is 11.8 Å². The molecule has 7 heteroatoms. The lowest BCUT2D eigenvalue weighted by atomic mass is 10.0. The maximum atomic E-state index is 13.1. The maximum Gasteiger partial charge on any atom is 0.278 e. The zero-order valence-corrected chi connectivity index (χ0v) is 18.3. The number of amides is 2. The van der Waals surface area contributed by atoms with Gasteiger partial charge < -0.3 is 10.2 Å². The van der Waals surface area contributed by atoms with E-state index < -0.39 is 0 Å². The molecule has 0 aromatic heterocycles. The molecule has 0 atom stereocenters. The lowest BCUT2D eigenvalue weighted by Gasteiger charge is -2.18. The quantitative estimate of drug-likeness (QED) is 0.623. The summed E-state index contributed by atoms with van der Waals surface area (Å²) >= 11 is 12.4. The second kappa shape index (κ2) is 8.70. The molecule has 0 aliphatic carbocycles. The Morgan fingerprint density at radius 1 is 0.967 bits per heavy atom. The van der Waals surface area contributed by atoms with Gasteiger partial charge in [0, 0.05) is 41.6 Å². The molecule has 0 radical (unpaired) electrons. The number of hydrogen-bond donors (Lipinski definition) is 1. The minimum atomic E-state index is -0.345. The smallest absolute Gasteiger partial charge is 0.278 e. The van der Waals surface area contributed by atoms with Crippen molar-refractivity contribution in [3.05, 3.63) is 63.8 Å². The van der Waals surface area contributed by atoms with Crippen molar-refractivity contribution in [3.8, 4) is 0 Å². The second-order valence-corrected chi connectivity index (χ2v) is 8.35. The summed E-state index contributed by atoms with van der Waals surface area (Å²) in [7, 11) is 0. The minimum absolute atomic E-state index is 0.242. The molecule has 0 bridgehead atoms. The van der Waals surface area contributed by atoms with Crippen LogP contribution in [-0.2, 0) is 9.59 Å². The predicted octanol–water partition coefficient (Wildman–Crippen LogP) is 5.20. The molecule has 2 aromatic rings. The molecule has 0 unspecified atom stereocenters. The van der Waals surface area contributed by atoms with Gasteiger partial charge in [-0.1, -0.05) is 36.2 Å². The van der Waals surface area contributed by atoms with Crippen LogP contribution in [0.2, 0.25) is 10.0 Å². The van der Waals surface area contributed by atoms with Gasteiger partial charge >= 0.3 is 0 Å². The molecule has 1 saturated heterocycles. The highest BCUT2D eigenvalue weighted by atomic mass is 35.5. The number of anilines is 2. The summed E-state index contributed by atoms with van der Waals surface area (Å²) < 4.78 is 0. The monoisotopic (exact) mass is 443 g/mol. The van der Waals surface area contributed by atoms with Gasteiger partial charge in [0.15, 0.2) is 0 Å². The molecule has 0 spiro atoms. The first-order valence-corrected chi connectivity index (χ1v) is 10.9. The van der Waals surface area contributed by atoms with Crippen molar-refractivity contribution in [2.24, 2.45) is 0 Å². The van der Waals surface area contributed by atoms with Gasteiger partial charge in [-0.2, -0.15) is 0 Å². The first-order valence-electron chi connectivity index (χ1n) is 10.2. The molecule has 0 saturated carbocycles. The summed E-state index contributed by atoms with van der Waals surface area (Å²) in [5, 5.41) is 3.98. The summed E-state index contributed by atoms with van der Waals surface area (Å²) in [6.45, 7) is 4.41. The van der Waals surface area contributed by atoms with Crippen LogP contribution in [0.3, 0.4) is 0 Å².